The number of para-hydroxylation sites is 1. The Hall–Kier alpha value is -3.36. The molecule has 0 saturated heterocycles. The first-order valence-corrected chi connectivity index (χ1v) is 14.5. The fourth-order valence-corrected chi connectivity index (χ4v) is 5.33. The summed E-state index contributed by atoms with van der Waals surface area (Å²) in [5.41, 5.74) is 4.22. The maximum atomic E-state index is 13.4. The van der Waals surface area contributed by atoms with E-state index in [0.29, 0.717) is 22.9 Å². The number of carbonyl (C=O) groups excluding carboxylic acids is 1. The summed E-state index contributed by atoms with van der Waals surface area (Å²) in [6.07, 6.45) is 7.19. The molecule has 202 valence electrons. The lowest BCUT2D eigenvalue weighted by molar-refractivity contribution is -0.119. The number of aryl methyl sites for hydroxylation is 1. The van der Waals surface area contributed by atoms with E-state index < -0.39 is 22.5 Å². The van der Waals surface area contributed by atoms with Gasteiger partial charge in [0.1, 0.15) is 12.3 Å². The van der Waals surface area contributed by atoms with Crippen LogP contribution >= 0.6 is 11.6 Å². The molecule has 0 radical (unpaired) electrons. The molecule has 0 atom stereocenters. The molecule has 3 aromatic carbocycles. The minimum absolute atomic E-state index is 0.0637. The van der Waals surface area contributed by atoms with Gasteiger partial charge in [0.25, 0.3) is 15.9 Å². The molecule has 1 N–H and O–H groups in total. The fourth-order valence-electron chi connectivity index (χ4n) is 3.72. The van der Waals surface area contributed by atoms with Crippen LogP contribution in [0.1, 0.15) is 50.2 Å². The molecule has 9 heteroatoms. The number of ether oxygens (including phenoxy) is 1. The van der Waals surface area contributed by atoms with E-state index in [0.717, 1.165) is 22.7 Å². The van der Waals surface area contributed by atoms with E-state index in [-0.39, 0.29) is 10.6 Å². The third-order valence-corrected chi connectivity index (χ3v) is 8.07. The number of anilines is 1. The monoisotopic (exact) mass is 555 g/mol. The van der Waals surface area contributed by atoms with Gasteiger partial charge in [0.05, 0.1) is 23.4 Å². The predicted molar refractivity (Wildman–Crippen MR) is 154 cm³/mol. The largest absolute Gasteiger partial charge is 0.493 e. The number of rotatable bonds is 14. The zero-order valence-corrected chi connectivity index (χ0v) is 23.3. The molecule has 0 heterocycles. The molecule has 0 fully saturated rings. The van der Waals surface area contributed by atoms with Crippen molar-refractivity contribution >= 4 is 39.4 Å². The van der Waals surface area contributed by atoms with Crippen molar-refractivity contribution in [2.75, 3.05) is 17.5 Å². The Labute approximate surface area is 230 Å². The zero-order valence-electron chi connectivity index (χ0n) is 21.8. The van der Waals surface area contributed by atoms with Crippen LogP contribution in [0.15, 0.2) is 82.8 Å². The van der Waals surface area contributed by atoms with E-state index in [9.17, 15) is 13.2 Å². The number of nitrogens with one attached hydrogen (secondary N) is 1. The van der Waals surface area contributed by atoms with Crippen LogP contribution in [-0.2, 0) is 14.8 Å². The number of carbonyl (C=O) groups is 1. The van der Waals surface area contributed by atoms with Crippen LogP contribution in [0.3, 0.4) is 0 Å². The number of unbranched alkanes of at least 4 members (excludes halogenated alkanes) is 4. The number of sulfonamides is 1. The lowest BCUT2D eigenvalue weighted by Crippen LogP contribution is -2.39. The molecule has 0 aromatic heterocycles. The van der Waals surface area contributed by atoms with Gasteiger partial charge in [-0.3, -0.25) is 9.10 Å². The highest BCUT2D eigenvalue weighted by Gasteiger charge is 2.27. The van der Waals surface area contributed by atoms with Gasteiger partial charge in [-0.25, -0.2) is 13.8 Å². The lowest BCUT2D eigenvalue weighted by Gasteiger charge is -2.24. The van der Waals surface area contributed by atoms with Gasteiger partial charge in [-0.1, -0.05) is 80.6 Å². The number of hydrogen-bond acceptors (Lipinski definition) is 5. The predicted octanol–water partition coefficient (Wildman–Crippen LogP) is 6.34. The number of amides is 1. The van der Waals surface area contributed by atoms with Crippen LogP contribution in [0.25, 0.3) is 0 Å². The Morgan fingerprint density at radius 2 is 1.71 bits per heavy atom. The van der Waals surface area contributed by atoms with Crippen LogP contribution in [0.5, 0.6) is 5.75 Å². The summed E-state index contributed by atoms with van der Waals surface area (Å²) in [6.45, 7) is 4.12. The Bertz CT molecular complexity index is 1330. The normalized spacial score (nSPS) is 11.4. The Balaban J connectivity index is 1.70. The van der Waals surface area contributed by atoms with Crippen LogP contribution < -0.4 is 14.5 Å². The van der Waals surface area contributed by atoms with E-state index in [1.165, 1.54) is 43.7 Å². The summed E-state index contributed by atoms with van der Waals surface area (Å²) < 4.78 is 33.8. The molecule has 0 unspecified atom stereocenters. The highest BCUT2D eigenvalue weighted by atomic mass is 35.5. The molecule has 1 amide bonds. The summed E-state index contributed by atoms with van der Waals surface area (Å²) >= 11 is 6.27. The second-order valence-electron chi connectivity index (χ2n) is 8.85. The van der Waals surface area contributed by atoms with Crippen LogP contribution in [-0.4, -0.2) is 33.7 Å². The molecule has 3 rings (SSSR count). The van der Waals surface area contributed by atoms with Gasteiger partial charge >= 0.3 is 0 Å². The van der Waals surface area contributed by atoms with Gasteiger partial charge < -0.3 is 4.74 Å². The highest BCUT2D eigenvalue weighted by molar-refractivity contribution is 7.92. The molecule has 0 bridgehead atoms. The summed E-state index contributed by atoms with van der Waals surface area (Å²) in [4.78, 5) is 12.9. The number of benzene rings is 3. The van der Waals surface area contributed by atoms with Crippen molar-refractivity contribution in [2.45, 2.75) is 50.8 Å². The molecular formula is C29H34ClN3O4S. The topological polar surface area (TPSA) is 88.1 Å². The van der Waals surface area contributed by atoms with E-state index in [1.807, 2.05) is 31.2 Å². The maximum absolute atomic E-state index is 13.4. The van der Waals surface area contributed by atoms with Gasteiger partial charge in [0, 0.05) is 10.6 Å². The average Bonchev–Trinajstić information content (AvgIpc) is 2.92. The van der Waals surface area contributed by atoms with E-state index >= 15 is 0 Å². The van der Waals surface area contributed by atoms with E-state index in [1.54, 1.807) is 30.3 Å². The van der Waals surface area contributed by atoms with E-state index in [4.69, 9.17) is 16.3 Å². The maximum Gasteiger partial charge on any atom is 0.264 e. The zero-order chi connectivity index (χ0) is 27.4. The molecule has 3 aromatic rings. The van der Waals surface area contributed by atoms with Crippen molar-refractivity contribution in [1.29, 1.82) is 0 Å². The van der Waals surface area contributed by atoms with Gasteiger partial charge in [0.2, 0.25) is 0 Å². The molecule has 0 aliphatic heterocycles. The number of hydrogen-bond donors (Lipinski definition) is 1. The van der Waals surface area contributed by atoms with Crippen molar-refractivity contribution in [3.8, 4) is 5.75 Å². The Morgan fingerprint density at radius 1 is 1.00 bits per heavy atom. The summed E-state index contributed by atoms with van der Waals surface area (Å²) in [5.74, 6) is 0.0651. The second-order valence-corrected chi connectivity index (χ2v) is 11.1. The van der Waals surface area contributed by atoms with Crippen LogP contribution in [0, 0.1) is 6.92 Å². The molecule has 0 aliphatic carbocycles. The minimum atomic E-state index is -4.04. The van der Waals surface area contributed by atoms with Crippen molar-refractivity contribution in [1.82, 2.24) is 5.43 Å². The molecule has 38 heavy (non-hydrogen) atoms. The first kappa shape index (κ1) is 29.2. The average molecular weight is 556 g/mol. The lowest BCUT2D eigenvalue weighted by atomic mass is 10.2. The van der Waals surface area contributed by atoms with Crippen molar-refractivity contribution in [3.63, 3.8) is 0 Å². The molecule has 0 saturated carbocycles. The first-order valence-electron chi connectivity index (χ1n) is 12.7. The minimum Gasteiger partial charge on any atom is -0.493 e. The van der Waals surface area contributed by atoms with Gasteiger partial charge in [-0.05, 0) is 55.3 Å². The quantitative estimate of drug-likeness (QED) is 0.143. The van der Waals surface area contributed by atoms with Crippen molar-refractivity contribution in [3.05, 3.63) is 88.9 Å². The molecule has 7 nitrogen and oxygen atoms in total. The van der Waals surface area contributed by atoms with Gasteiger partial charge in [-0.15, -0.1) is 0 Å². The summed E-state index contributed by atoms with van der Waals surface area (Å²) in [6, 6.07) is 20.2. The standard InChI is InChI=1S/C29H34ClN3O4S/c1-3-4-5-6-12-19-37-28-16-11-10-13-24(28)21-31-32-29(34)22-33(25-18-17-23(2)27(30)20-25)38(35,36)26-14-8-7-9-15-26/h7-11,13-18,20-21H,3-6,12,19,22H2,1-2H3,(H,32,34). The fraction of sp³-hybridized carbons (Fsp3) is 0.310. The smallest absolute Gasteiger partial charge is 0.264 e. The highest BCUT2D eigenvalue weighted by Crippen LogP contribution is 2.28. The Morgan fingerprint density at radius 3 is 2.45 bits per heavy atom. The first-order chi connectivity index (χ1) is 18.3. The van der Waals surface area contributed by atoms with Crippen molar-refractivity contribution in [2.24, 2.45) is 5.10 Å². The number of halogens is 1. The molecule has 0 spiro atoms. The van der Waals surface area contributed by atoms with Crippen molar-refractivity contribution < 1.29 is 17.9 Å². The van der Waals surface area contributed by atoms with Gasteiger partial charge in [-0.2, -0.15) is 5.10 Å². The third-order valence-electron chi connectivity index (χ3n) is 5.88. The third kappa shape index (κ3) is 8.33. The summed E-state index contributed by atoms with van der Waals surface area (Å²) in [5, 5.41) is 4.45. The SMILES string of the molecule is CCCCCCCOc1ccccc1C=NNC(=O)CN(c1ccc(C)c(Cl)c1)S(=O)(=O)c1ccccc1. The molecule has 0 aliphatic rings. The van der Waals surface area contributed by atoms with Gasteiger partial charge in [0.15, 0.2) is 0 Å². The van der Waals surface area contributed by atoms with Crippen LogP contribution in [0.2, 0.25) is 5.02 Å². The van der Waals surface area contributed by atoms with Crippen LogP contribution in [0.4, 0.5) is 5.69 Å². The summed E-state index contributed by atoms with van der Waals surface area (Å²) in [7, 11) is -4.04. The number of hydrazone groups is 1. The molecular weight excluding hydrogens is 522 g/mol. The second kappa shape index (κ2) is 14.5. The Kier molecular flexibility index (Phi) is 11.2. The van der Waals surface area contributed by atoms with E-state index in [2.05, 4.69) is 17.5 Å². The number of nitrogens with zero attached hydrogens (tertiary/aromatic N) is 2.